The molecule has 0 bridgehead atoms. The van der Waals surface area contributed by atoms with Crippen LogP contribution in [0.15, 0.2) is 18.2 Å². The average Bonchev–Trinajstić information content (AvgIpc) is 2.88. The Morgan fingerprint density at radius 2 is 2.11 bits per heavy atom. The number of nitrogens with one attached hydrogen (secondary N) is 1. The molecule has 0 heterocycles. The minimum atomic E-state index is -0.332. The first kappa shape index (κ1) is 13.8. The van der Waals surface area contributed by atoms with Crippen LogP contribution < -0.4 is 5.32 Å². The molecule has 100 valence electrons. The monoisotopic (exact) mass is 269 g/mol. The Labute approximate surface area is 114 Å². The van der Waals surface area contributed by atoms with Gasteiger partial charge in [0.1, 0.15) is 5.82 Å². The minimum Gasteiger partial charge on any atom is -0.317 e. The fourth-order valence-corrected chi connectivity index (χ4v) is 3.20. The molecule has 2 rings (SSSR count). The molecule has 1 unspecified atom stereocenters. The van der Waals surface area contributed by atoms with Gasteiger partial charge in [0.05, 0.1) is 5.02 Å². The van der Waals surface area contributed by atoms with Crippen LogP contribution in [0.4, 0.5) is 4.39 Å². The topological polar surface area (TPSA) is 12.0 Å². The van der Waals surface area contributed by atoms with Gasteiger partial charge in [-0.1, -0.05) is 30.5 Å². The molecule has 0 saturated heterocycles. The Hall–Kier alpha value is -0.600. The van der Waals surface area contributed by atoms with Gasteiger partial charge in [0, 0.05) is 6.04 Å². The highest BCUT2D eigenvalue weighted by Gasteiger charge is 2.23. The quantitative estimate of drug-likeness (QED) is 0.845. The summed E-state index contributed by atoms with van der Waals surface area (Å²) in [6.45, 7) is 0. The van der Waals surface area contributed by atoms with Crippen molar-refractivity contribution in [2.45, 2.75) is 44.6 Å². The number of aryl methyl sites for hydroxylation is 1. The Morgan fingerprint density at radius 3 is 2.72 bits per heavy atom. The van der Waals surface area contributed by atoms with Gasteiger partial charge in [0.15, 0.2) is 0 Å². The number of hydrogen-bond acceptors (Lipinski definition) is 1. The van der Waals surface area contributed by atoms with E-state index < -0.39 is 0 Å². The summed E-state index contributed by atoms with van der Waals surface area (Å²) in [5.74, 6) is 0.479. The number of hydrogen-bond donors (Lipinski definition) is 1. The van der Waals surface area contributed by atoms with Crippen molar-refractivity contribution in [1.82, 2.24) is 5.32 Å². The molecule has 3 heteroatoms. The van der Waals surface area contributed by atoms with E-state index in [1.807, 2.05) is 13.1 Å². The number of benzene rings is 1. The molecule has 0 aliphatic heterocycles. The van der Waals surface area contributed by atoms with Crippen LogP contribution in [-0.4, -0.2) is 13.1 Å². The Balaban J connectivity index is 1.90. The zero-order valence-electron chi connectivity index (χ0n) is 10.9. The molecule has 1 atom stereocenters. The molecule has 1 N–H and O–H groups in total. The van der Waals surface area contributed by atoms with E-state index >= 15 is 0 Å². The molecule has 1 aliphatic rings. The zero-order chi connectivity index (χ0) is 13.0. The van der Waals surface area contributed by atoms with Crippen molar-refractivity contribution < 1.29 is 4.39 Å². The third kappa shape index (κ3) is 3.46. The summed E-state index contributed by atoms with van der Waals surface area (Å²) in [6.07, 6.45) is 7.48. The zero-order valence-corrected chi connectivity index (χ0v) is 11.6. The molecule has 0 aromatic heterocycles. The molecule has 1 fully saturated rings. The average molecular weight is 270 g/mol. The summed E-state index contributed by atoms with van der Waals surface area (Å²) in [5.41, 5.74) is 1.12. The van der Waals surface area contributed by atoms with E-state index in [1.165, 1.54) is 31.7 Å². The van der Waals surface area contributed by atoms with Crippen molar-refractivity contribution in [3.8, 4) is 0 Å². The second kappa shape index (κ2) is 6.53. The highest BCUT2D eigenvalue weighted by molar-refractivity contribution is 6.30. The largest absolute Gasteiger partial charge is 0.317 e. The van der Waals surface area contributed by atoms with E-state index in [4.69, 9.17) is 11.6 Å². The maximum absolute atomic E-state index is 13.1. The third-order valence-corrected chi connectivity index (χ3v) is 4.36. The van der Waals surface area contributed by atoms with E-state index in [9.17, 15) is 4.39 Å². The van der Waals surface area contributed by atoms with Crippen LogP contribution in [0.2, 0.25) is 5.02 Å². The van der Waals surface area contributed by atoms with Crippen LogP contribution >= 0.6 is 11.6 Å². The first-order valence-corrected chi connectivity index (χ1v) is 7.19. The van der Waals surface area contributed by atoms with Crippen LogP contribution in [-0.2, 0) is 6.42 Å². The van der Waals surface area contributed by atoms with Gasteiger partial charge in [-0.3, -0.25) is 0 Å². The van der Waals surface area contributed by atoms with Crippen molar-refractivity contribution in [1.29, 1.82) is 0 Å². The van der Waals surface area contributed by atoms with Gasteiger partial charge in [-0.2, -0.15) is 0 Å². The number of halogens is 2. The van der Waals surface area contributed by atoms with Crippen molar-refractivity contribution in [3.05, 3.63) is 34.6 Å². The van der Waals surface area contributed by atoms with Gasteiger partial charge in [0.2, 0.25) is 0 Å². The summed E-state index contributed by atoms with van der Waals surface area (Å²) < 4.78 is 13.1. The minimum absolute atomic E-state index is 0.231. The second-order valence-corrected chi connectivity index (χ2v) is 5.63. The normalized spacial score (nSPS) is 18.2. The summed E-state index contributed by atoms with van der Waals surface area (Å²) in [6, 6.07) is 5.62. The summed E-state index contributed by atoms with van der Waals surface area (Å²) in [4.78, 5) is 0. The highest BCUT2D eigenvalue weighted by Crippen LogP contribution is 2.29. The Bertz CT molecular complexity index is 388. The SMILES string of the molecule is CNC(CCc1ccc(F)c(Cl)c1)C1CCCC1. The lowest BCUT2D eigenvalue weighted by Crippen LogP contribution is -2.32. The molecule has 1 aliphatic carbocycles. The predicted octanol–water partition coefficient (Wildman–Crippen LogP) is 4.19. The lowest BCUT2D eigenvalue weighted by molar-refractivity contribution is 0.360. The fourth-order valence-electron chi connectivity index (χ4n) is 2.99. The van der Waals surface area contributed by atoms with Crippen LogP contribution in [0, 0.1) is 11.7 Å². The fraction of sp³-hybridized carbons (Fsp3) is 0.600. The molecular weight excluding hydrogens is 249 g/mol. The van der Waals surface area contributed by atoms with E-state index in [0.29, 0.717) is 6.04 Å². The summed E-state index contributed by atoms with van der Waals surface area (Å²) >= 11 is 5.80. The maximum Gasteiger partial charge on any atom is 0.141 e. The second-order valence-electron chi connectivity index (χ2n) is 5.23. The molecule has 0 radical (unpaired) electrons. The van der Waals surface area contributed by atoms with Gasteiger partial charge in [0.25, 0.3) is 0 Å². The Morgan fingerprint density at radius 1 is 1.39 bits per heavy atom. The highest BCUT2D eigenvalue weighted by atomic mass is 35.5. The maximum atomic E-state index is 13.1. The van der Waals surface area contributed by atoms with Crippen LogP contribution in [0.1, 0.15) is 37.7 Å². The first-order valence-electron chi connectivity index (χ1n) is 6.82. The van der Waals surface area contributed by atoms with E-state index in [0.717, 1.165) is 24.3 Å². The molecule has 1 saturated carbocycles. The lowest BCUT2D eigenvalue weighted by Gasteiger charge is -2.22. The summed E-state index contributed by atoms with van der Waals surface area (Å²) in [7, 11) is 2.04. The van der Waals surface area contributed by atoms with Crippen molar-refractivity contribution in [3.63, 3.8) is 0 Å². The van der Waals surface area contributed by atoms with Crippen LogP contribution in [0.25, 0.3) is 0 Å². The first-order chi connectivity index (χ1) is 8.70. The van der Waals surface area contributed by atoms with E-state index in [-0.39, 0.29) is 10.8 Å². The molecular formula is C15H21ClFN. The third-order valence-electron chi connectivity index (χ3n) is 4.07. The molecule has 0 spiro atoms. The van der Waals surface area contributed by atoms with Crippen molar-refractivity contribution >= 4 is 11.6 Å². The van der Waals surface area contributed by atoms with Crippen LogP contribution in [0.5, 0.6) is 0 Å². The summed E-state index contributed by atoms with van der Waals surface area (Å²) in [5, 5.41) is 3.66. The van der Waals surface area contributed by atoms with Gasteiger partial charge in [-0.15, -0.1) is 0 Å². The molecule has 1 aromatic carbocycles. The molecule has 18 heavy (non-hydrogen) atoms. The van der Waals surface area contributed by atoms with Gasteiger partial charge in [-0.05, 0) is 56.3 Å². The predicted molar refractivity (Wildman–Crippen MR) is 74.5 cm³/mol. The van der Waals surface area contributed by atoms with E-state index in [1.54, 1.807) is 6.07 Å². The van der Waals surface area contributed by atoms with Crippen molar-refractivity contribution in [2.24, 2.45) is 5.92 Å². The van der Waals surface area contributed by atoms with Crippen molar-refractivity contribution in [2.75, 3.05) is 7.05 Å². The van der Waals surface area contributed by atoms with E-state index in [2.05, 4.69) is 5.32 Å². The molecule has 1 nitrogen and oxygen atoms in total. The lowest BCUT2D eigenvalue weighted by atomic mass is 9.92. The Kier molecular flexibility index (Phi) is 5.02. The molecule has 0 amide bonds. The molecule has 1 aromatic rings. The van der Waals surface area contributed by atoms with Gasteiger partial charge >= 0.3 is 0 Å². The van der Waals surface area contributed by atoms with Gasteiger partial charge in [-0.25, -0.2) is 4.39 Å². The standard InChI is InChI=1S/C15H21ClFN/c1-18-15(12-4-2-3-5-12)9-7-11-6-8-14(17)13(16)10-11/h6,8,10,12,15,18H,2-5,7,9H2,1H3. The smallest absolute Gasteiger partial charge is 0.141 e. The number of rotatable bonds is 5. The van der Waals surface area contributed by atoms with Crippen LogP contribution in [0.3, 0.4) is 0 Å². The van der Waals surface area contributed by atoms with Gasteiger partial charge < -0.3 is 5.32 Å².